The van der Waals surface area contributed by atoms with E-state index in [1.54, 1.807) is 11.8 Å². The summed E-state index contributed by atoms with van der Waals surface area (Å²) >= 11 is 1.33. The summed E-state index contributed by atoms with van der Waals surface area (Å²) in [7, 11) is 1.62. The van der Waals surface area contributed by atoms with Gasteiger partial charge in [0.1, 0.15) is 11.4 Å². The van der Waals surface area contributed by atoms with E-state index < -0.39 is 0 Å². The van der Waals surface area contributed by atoms with Gasteiger partial charge in [-0.1, -0.05) is 44.5 Å². The maximum absolute atomic E-state index is 12.4. The summed E-state index contributed by atoms with van der Waals surface area (Å²) in [4.78, 5) is 12.4. The number of thioether (sulfide) groups is 1. The lowest BCUT2D eigenvalue weighted by atomic mass is 9.78. The number of amides is 1. The van der Waals surface area contributed by atoms with E-state index in [9.17, 15) is 4.79 Å². The molecule has 1 saturated carbocycles. The van der Waals surface area contributed by atoms with Gasteiger partial charge in [-0.3, -0.25) is 4.79 Å². The highest BCUT2D eigenvalue weighted by Crippen LogP contribution is 2.30. The van der Waals surface area contributed by atoms with E-state index in [0.717, 1.165) is 17.7 Å². The molecular weight excluding hydrogens is 362 g/mol. The van der Waals surface area contributed by atoms with Crippen LogP contribution in [-0.2, 0) is 4.79 Å². The van der Waals surface area contributed by atoms with Gasteiger partial charge in [-0.05, 0) is 53.3 Å². The van der Waals surface area contributed by atoms with Crippen LogP contribution in [0.15, 0.2) is 23.4 Å². The number of benzene rings is 1. The zero-order valence-electron chi connectivity index (χ0n) is 16.3. The molecule has 8 heteroatoms. The fraction of sp³-hybridized carbons (Fsp3) is 0.579. The molecule has 1 amide bonds. The molecule has 1 aliphatic carbocycles. The van der Waals surface area contributed by atoms with Gasteiger partial charge in [0.2, 0.25) is 11.1 Å². The van der Waals surface area contributed by atoms with Crippen molar-refractivity contribution in [1.29, 1.82) is 0 Å². The van der Waals surface area contributed by atoms with Crippen molar-refractivity contribution in [1.82, 2.24) is 25.5 Å². The first kappa shape index (κ1) is 19.7. The smallest absolute Gasteiger partial charge is 0.230 e. The fourth-order valence-corrected chi connectivity index (χ4v) is 4.24. The Bertz CT molecular complexity index is 794. The first-order valence-electron chi connectivity index (χ1n) is 9.35. The highest BCUT2D eigenvalue weighted by molar-refractivity contribution is 7.99. The number of aryl methyl sites for hydroxylation is 1. The van der Waals surface area contributed by atoms with Crippen LogP contribution in [-0.4, -0.2) is 45.0 Å². The Kier molecular flexibility index (Phi) is 6.36. The quantitative estimate of drug-likeness (QED) is 0.765. The van der Waals surface area contributed by atoms with Crippen molar-refractivity contribution in [3.63, 3.8) is 0 Å². The Hall–Kier alpha value is -2.09. The lowest BCUT2D eigenvalue weighted by Gasteiger charge is -2.34. The first-order valence-corrected chi connectivity index (χ1v) is 10.3. The average molecular weight is 390 g/mol. The second kappa shape index (κ2) is 8.73. The number of tetrazole rings is 1. The van der Waals surface area contributed by atoms with Crippen LogP contribution in [0, 0.1) is 18.8 Å². The molecule has 146 valence electrons. The van der Waals surface area contributed by atoms with E-state index in [-0.39, 0.29) is 17.7 Å². The van der Waals surface area contributed by atoms with Crippen LogP contribution >= 0.6 is 11.8 Å². The van der Waals surface area contributed by atoms with Crippen molar-refractivity contribution >= 4 is 17.7 Å². The molecule has 1 fully saturated rings. The lowest BCUT2D eigenvalue weighted by Crippen LogP contribution is -2.44. The lowest BCUT2D eigenvalue weighted by molar-refractivity contribution is -0.120. The molecule has 0 radical (unpaired) electrons. The minimum Gasteiger partial charge on any atom is -0.494 e. The second-order valence-corrected chi connectivity index (χ2v) is 8.22. The minimum absolute atomic E-state index is 0.0247. The Morgan fingerprint density at radius 3 is 2.96 bits per heavy atom. The molecule has 3 rings (SSSR count). The molecule has 0 unspecified atom stereocenters. The third kappa shape index (κ3) is 4.61. The number of ether oxygens (including phenoxy) is 1. The van der Waals surface area contributed by atoms with E-state index in [2.05, 4.69) is 34.7 Å². The zero-order valence-corrected chi connectivity index (χ0v) is 17.1. The number of nitrogens with one attached hydrogen (secondary N) is 1. The van der Waals surface area contributed by atoms with Crippen LogP contribution in [0.2, 0.25) is 0 Å². The molecule has 7 nitrogen and oxygen atoms in total. The van der Waals surface area contributed by atoms with Gasteiger partial charge < -0.3 is 10.1 Å². The standard InChI is InChI=1S/C19H27N5O2S/c1-12-8-9-17(26-4)16(10-12)24-19(21-22-23-24)27-11-18(25)20-15-7-5-6-13(2)14(15)3/h8-10,13-15H,5-7,11H2,1-4H3,(H,20,25)/t13-,14-,15+/m0/s1. The SMILES string of the molecule is COc1ccc(C)cc1-n1nnnc1SCC(=O)N[C@@H]1CCC[C@H](C)[C@@H]1C. The fourth-order valence-electron chi connectivity index (χ4n) is 3.55. The van der Waals surface area contributed by atoms with Crippen LogP contribution in [0.25, 0.3) is 5.69 Å². The van der Waals surface area contributed by atoms with Crippen LogP contribution in [0.5, 0.6) is 5.75 Å². The maximum Gasteiger partial charge on any atom is 0.230 e. The summed E-state index contributed by atoms with van der Waals surface area (Å²) < 4.78 is 7.04. The van der Waals surface area contributed by atoms with Crippen molar-refractivity contribution in [2.45, 2.75) is 51.2 Å². The Balaban J connectivity index is 1.65. The molecule has 2 aromatic rings. The Morgan fingerprint density at radius 1 is 1.37 bits per heavy atom. The largest absolute Gasteiger partial charge is 0.494 e. The zero-order chi connectivity index (χ0) is 19.4. The molecule has 1 heterocycles. The molecule has 0 spiro atoms. The van der Waals surface area contributed by atoms with Gasteiger partial charge in [0.15, 0.2) is 0 Å². The van der Waals surface area contributed by atoms with Crippen molar-refractivity contribution in [3.8, 4) is 11.4 Å². The average Bonchev–Trinajstić information content (AvgIpc) is 3.12. The van der Waals surface area contributed by atoms with Crippen LogP contribution in [0.3, 0.4) is 0 Å². The van der Waals surface area contributed by atoms with Crippen molar-refractivity contribution < 1.29 is 9.53 Å². The predicted octanol–water partition coefficient (Wildman–Crippen LogP) is 3.01. The van der Waals surface area contributed by atoms with Crippen molar-refractivity contribution in [2.24, 2.45) is 11.8 Å². The molecule has 0 aliphatic heterocycles. The number of carbonyl (C=O) groups excluding carboxylic acids is 1. The summed E-state index contributed by atoms with van der Waals surface area (Å²) in [5, 5.41) is 15.7. The van der Waals surface area contributed by atoms with E-state index in [4.69, 9.17) is 4.74 Å². The molecule has 1 aromatic carbocycles. The maximum atomic E-state index is 12.4. The summed E-state index contributed by atoms with van der Waals surface area (Å²) in [6.07, 6.45) is 3.48. The van der Waals surface area contributed by atoms with Gasteiger partial charge in [0, 0.05) is 6.04 Å². The predicted molar refractivity (Wildman–Crippen MR) is 105 cm³/mol. The van der Waals surface area contributed by atoms with Crippen LogP contribution in [0.1, 0.15) is 38.7 Å². The normalized spacial score (nSPS) is 22.4. The van der Waals surface area contributed by atoms with Gasteiger partial charge in [-0.15, -0.1) is 5.10 Å². The molecule has 3 atom stereocenters. The second-order valence-electron chi connectivity index (χ2n) is 7.28. The van der Waals surface area contributed by atoms with Gasteiger partial charge in [0.05, 0.1) is 12.9 Å². The summed E-state index contributed by atoms with van der Waals surface area (Å²) in [6, 6.07) is 6.08. The number of hydrogen-bond acceptors (Lipinski definition) is 6. The highest BCUT2D eigenvalue weighted by atomic mass is 32.2. The number of nitrogens with zero attached hydrogens (tertiary/aromatic N) is 4. The monoisotopic (exact) mass is 389 g/mol. The topological polar surface area (TPSA) is 81.9 Å². The molecule has 0 bridgehead atoms. The van der Waals surface area contributed by atoms with Gasteiger partial charge in [0.25, 0.3) is 0 Å². The number of carbonyl (C=O) groups is 1. The van der Waals surface area contributed by atoms with Crippen molar-refractivity contribution in [2.75, 3.05) is 12.9 Å². The van der Waals surface area contributed by atoms with E-state index in [1.165, 1.54) is 24.6 Å². The molecule has 1 aromatic heterocycles. The minimum atomic E-state index is 0.0247. The van der Waals surface area contributed by atoms with E-state index in [1.807, 2.05) is 25.1 Å². The number of methoxy groups -OCH3 is 1. The first-order chi connectivity index (χ1) is 13.0. The number of hydrogen-bond donors (Lipinski definition) is 1. The molecule has 1 aliphatic rings. The van der Waals surface area contributed by atoms with Crippen molar-refractivity contribution in [3.05, 3.63) is 23.8 Å². The van der Waals surface area contributed by atoms with Gasteiger partial charge >= 0.3 is 0 Å². The third-order valence-electron chi connectivity index (χ3n) is 5.39. The number of rotatable bonds is 6. The molecule has 0 saturated heterocycles. The Labute approximate surface area is 164 Å². The Morgan fingerprint density at radius 2 is 2.19 bits per heavy atom. The third-order valence-corrected chi connectivity index (χ3v) is 6.31. The van der Waals surface area contributed by atoms with Crippen LogP contribution < -0.4 is 10.1 Å². The molecule has 1 N–H and O–H groups in total. The molecular formula is C19H27N5O2S. The van der Waals surface area contributed by atoms with Crippen LogP contribution in [0.4, 0.5) is 0 Å². The van der Waals surface area contributed by atoms with E-state index >= 15 is 0 Å². The molecule has 27 heavy (non-hydrogen) atoms. The highest BCUT2D eigenvalue weighted by Gasteiger charge is 2.28. The summed E-state index contributed by atoms with van der Waals surface area (Å²) in [5.74, 6) is 2.15. The number of aromatic nitrogens is 4. The van der Waals surface area contributed by atoms with E-state index in [0.29, 0.717) is 22.7 Å². The van der Waals surface area contributed by atoms with Gasteiger partial charge in [-0.2, -0.15) is 4.68 Å². The summed E-state index contributed by atoms with van der Waals surface area (Å²) in [6.45, 7) is 6.49. The van der Waals surface area contributed by atoms with Gasteiger partial charge in [-0.25, -0.2) is 0 Å². The summed E-state index contributed by atoms with van der Waals surface area (Å²) in [5.41, 5.74) is 1.84.